The quantitative estimate of drug-likeness (QED) is 0.492. The molecule has 50 valence electrons. The predicted octanol–water partition coefficient (Wildman–Crippen LogP) is 1.06. The molecule has 9 heavy (non-hydrogen) atoms. The van der Waals surface area contributed by atoms with Crippen LogP contribution in [0.4, 0.5) is 0 Å². The molecule has 0 aromatic rings. The fraction of sp³-hybridized carbons (Fsp3) is 0.857. The largest absolute Gasteiger partial charge is 0.375 e. The van der Waals surface area contributed by atoms with Gasteiger partial charge in [-0.15, -0.1) is 0 Å². The Hall–Kier alpha value is -0.550. The van der Waals surface area contributed by atoms with Gasteiger partial charge in [0.1, 0.15) is 0 Å². The summed E-state index contributed by atoms with van der Waals surface area (Å²) in [6, 6.07) is 1.95. The van der Waals surface area contributed by atoms with Crippen molar-refractivity contribution >= 4 is 0 Å². The van der Waals surface area contributed by atoms with E-state index in [-0.39, 0.29) is 5.92 Å². The molecule has 2 heteroatoms. The molecule has 0 saturated heterocycles. The van der Waals surface area contributed by atoms with Gasteiger partial charge in [-0.2, -0.15) is 5.26 Å². The second kappa shape index (κ2) is 2.00. The molecule has 1 N–H and O–H groups in total. The highest BCUT2D eigenvalue weighted by molar-refractivity contribution is 5.06. The van der Waals surface area contributed by atoms with Gasteiger partial charge in [-0.3, -0.25) is 0 Å². The molecule has 2 nitrogen and oxygen atoms in total. The number of nitrogens with zero attached hydrogens (tertiary/aromatic N) is 1. The zero-order valence-electron chi connectivity index (χ0n) is 5.59. The summed E-state index contributed by atoms with van der Waals surface area (Å²) in [5.41, 5.74) is -1.00. The van der Waals surface area contributed by atoms with Crippen molar-refractivity contribution in [2.45, 2.75) is 31.8 Å². The lowest BCUT2D eigenvalue weighted by molar-refractivity contribution is 0.0665. The van der Waals surface area contributed by atoms with Gasteiger partial charge in [-0.05, 0) is 25.2 Å². The molecule has 0 bridgehead atoms. The van der Waals surface area contributed by atoms with E-state index in [1.807, 2.05) is 13.0 Å². The summed E-state index contributed by atoms with van der Waals surface area (Å²) in [6.07, 6.45) is 2.64. The van der Waals surface area contributed by atoms with Crippen LogP contribution >= 0.6 is 0 Å². The molecule has 0 heterocycles. The van der Waals surface area contributed by atoms with Gasteiger partial charge >= 0.3 is 0 Å². The van der Waals surface area contributed by atoms with Crippen molar-refractivity contribution in [1.29, 1.82) is 5.26 Å². The zero-order chi connectivity index (χ0) is 6.91. The van der Waals surface area contributed by atoms with Gasteiger partial charge in [0.15, 0.2) is 5.60 Å². The lowest BCUT2D eigenvalue weighted by Gasteiger charge is -2.17. The molecule has 0 amide bonds. The summed E-state index contributed by atoms with van der Waals surface area (Å²) >= 11 is 0. The van der Waals surface area contributed by atoms with E-state index in [0.29, 0.717) is 6.42 Å². The van der Waals surface area contributed by atoms with Crippen LogP contribution in [-0.4, -0.2) is 10.7 Å². The first-order valence-corrected chi connectivity index (χ1v) is 3.33. The first kappa shape index (κ1) is 6.57. The van der Waals surface area contributed by atoms with Gasteiger partial charge in [0.05, 0.1) is 6.07 Å². The van der Waals surface area contributed by atoms with E-state index in [1.165, 1.54) is 0 Å². The van der Waals surface area contributed by atoms with Gasteiger partial charge in [0.25, 0.3) is 0 Å². The smallest absolute Gasteiger partial charge is 0.153 e. The second-order valence-electron chi connectivity index (χ2n) is 2.83. The average Bonchev–Trinajstić information content (AvgIpc) is 2.15. The fourth-order valence-corrected chi connectivity index (χ4v) is 1.33. The summed E-state index contributed by atoms with van der Waals surface area (Å²) in [5.74, 6) is 0.169. The number of hydrogen-bond donors (Lipinski definition) is 1. The molecule has 1 aliphatic carbocycles. The maximum absolute atomic E-state index is 9.41. The summed E-state index contributed by atoms with van der Waals surface area (Å²) in [5, 5.41) is 17.9. The Morgan fingerprint density at radius 1 is 1.78 bits per heavy atom. The Labute approximate surface area is 55.1 Å². The van der Waals surface area contributed by atoms with E-state index < -0.39 is 5.60 Å². The molecule has 0 radical (unpaired) electrons. The maximum atomic E-state index is 9.41. The standard InChI is InChI=1S/C7H11NO/c1-6-3-2-4-7(6,9)5-8/h6,9H,2-4H2,1H3/t6-,7-/m0/s1. The van der Waals surface area contributed by atoms with E-state index in [1.54, 1.807) is 0 Å². The van der Waals surface area contributed by atoms with Crippen LogP contribution in [0.15, 0.2) is 0 Å². The van der Waals surface area contributed by atoms with Crippen LogP contribution in [0.25, 0.3) is 0 Å². The average molecular weight is 125 g/mol. The van der Waals surface area contributed by atoms with Gasteiger partial charge in [0.2, 0.25) is 0 Å². The molecule has 0 aromatic heterocycles. The van der Waals surface area contributed by atoms with Crippen LogP contribution in [0.2, 0.25) is 0 Å². The Morgan fingerprint density at radius 2 is 2.44 bits per heavy atom. The molecular weight excluding hydrogens is 114 g/mol. The van der Waals surface area contributed by atoms with Gasteiger partial charge in [0, 0.05) is 0 Å². The highest BCUT2D eigenvalue weighted by atomic mass is 16.3. The van der Waals surface area contributed by atoms with Crippen LogP contribution in [0.3, 0.4) is 0 Å². The van der Waals surface area contributed by atoms with Crippen molar-refractivity contribution < 1.29 is 5.11 Å². The molecular formula is C7H11NO. The monoisotopic (exact) mass is 125 g/mol. The Kier molecular flexibility index (Phi) is 1.46. The summed E-state index contributed by atoms with van der Waals surface area (Å²) in [7, 11) is 0. The van der Waals surface area contributed by atoms with E-state index in [0.717, 1.165) is 12.8 Å². The highest BCUT2D eigenvalue weighted by Crippen LogP contribution is 2.34. The number of hydrogen-bond acceptors (Lipinski definition) is 2. The predicted molar refractivity (Wildman–Crippen MR) is 33.6 cm³/mol. The third kappa shape index (κ3) is 0.927. The molecule has 0 spiro atoms. The number of nitriles is 1. The fourth-order valence-electron chi connectivity index (χ4n) is 1.33. The first-order valence-electron chi connectivity index (χ1n) is 3.33. The van der Waals surface area contributed by atoms with Crippen LogP contribution < -0.4 is 0 Å². The molecule has 0 aromatic carbocycles. The van der Waals surface area contributed by atoms with Gasteiger partial charge in [-0.1, -0.05) is 6.92 Å². The van der Waals surface area contributed by atoms with E-state index in [2.05, 4.69) is 0 Å². The van der Waals surface area contributed by atoms with Gasteiger partial charge in [-0.25, -0.2) is 0 Å². The minimum absolute atomic E-state index is 0.169. The Bertz CT molecular complexity index is 149. The van der Waals surface area contributed by atoms with E-state index in [9.17, 15) is 5.11 Å². The summed E-state index contributed by atoms with van der Waals surface area (Å²) in [6.45, 7) is 1.93. The molecule has 1 saturated carbocycles. The van der Waals surface area contributed by atoms with Crippen LogP contribution in [0.5, 0.6) is 0 Å². The number of aliphatic hydroxyl groups is 1. The zero-order valence-corrected chi connectivity index (χ0v) is 5.59. The van der Waals surface area contributed by atoms with Crippen molar-refractivity contribution in [3.05, 3.63) is 0 Å². The molecule has 0 aliphatic heterocycles. The van der Waals surface area contributed by atoms with Gasteiger partial charge < -0.3 is 5.11 Å². The van der Waals surface area contributed by atoms with Crippen molar-refractivity contribution in [3.8, 4) is 6.07 Å². The molecule has 0 unspecified atom stereocenters. The van der Waals surface area contributed by atoms with Crippen molar-refractivity contribution in [2.75, 3.05) is 0 Å². The van der Waals surface area contributed by atoms with Crippen LogP contribution in [-0.2, 0) is 0 Å². The third-order valence-electron chi connectivity index (χ3n) is 2.20. The SMILES string of the molecule is C[C@H]1CCC[C@]1(O)C#N. The minimum Gasteiger partial charge on any atom is -0.375 e. The van der Waals surface area contributed by atoms with Crippen molar-refractivity contribution in [2.24, 2.45) is 5.92 Å². The summed E-state index contributed by atoms with van der Waals surface area (Å²) in [4.78, 5) is 0. The van der Waals surface area contributed by atoms with Crippen LogP contribution in [0, 0.1) is 17.2 Å². The highest BCUT2D eigenvalue weighted by Gasteiger charge is 2.37. The second-order valence-corrected chi connectivity index (χ2v) is 2.83. The lowest BCUT2D eigenvalue weighted by Crippen LogP contribution is -2.28. The van der Waals surface area contributed by atoms with Crippen molar-refractivity contribution in [3.63, 3.8) is 0 Å². The topological polar surface area (TPSA) is 44.0 Å². The molecule has 2 atom stereocenters. The maximum Gasteiger partial charge on any atom is 0.153 e. The minimum atomic E-state index is -1.00. The van der Waals surface area contributed by atoms with E-state index >= 15 is 0 Å². The normalized spacial score (nSPS) is 42.6. The molecule has 1 rings (SSSR count). The van der Waals surface area contributed by atoms with Crippen LogP contribution in [0.1, 0.15) is 26.2 Å². The lowest BCUT2D eigenvalue weighted by atomic mass is 9.95. The van der Waals surface area contributed by atoms with Crippen molar-refractivity contribution in [1.82, 2.24) is 0 Å². The molecule has 1 aliphatic rings. The van der Waals surface area contributed by atoms with E-state index in [4.69, 9.17) is 5.26 Å². The number of rotatable bonds is 0. The molecule has 1 fully saturated rings. The third-order valence-corrected chi connectivity index (χ3v) is 2.20. The first-order chi connectivity index (χ1) is 4.19. The summed E-state index contributed by atoms with van der Waals surface area (Å²) < 4.78 is 0. The Morgan fingerprint density at radius 3 is 2.67 bits per heavy atom. The Balaban J connectivity index is 2.70.